The average molecular weight is 392 g/mol. The molecule has 1 aliphatic rings. The number of aromatic nitrogens is 1. The lowest BCUT2D eigenvalue weighted by Crippen LogP contribution is -2.44. The minimum absolute atomic E-state index is 0.359. The molecule has 0 aliphatic carbocycles. The number of carbonyl (C=O) groups is 1. The van der Waals surface area contributed by atoms with E-state index in [1.54, 1.807) is 11.1 Å². The molecule has 1 amide bonds. The van der Waals surface area contributed by atoms with E-state index in [2.05, 4.69) is 25.8 Å². The third kappa shape index (κ3) is 5.49. The van der Waals surface area contributed by atoms with E-state index in [4.69, 9.17) is 9.47 Å². The van der Waals surface area contributed by atoms with Crippen LogP contribution in [0.25, 0.3) is 0 Å². The number of rotatable bonds is 4. The second-order valence-corrected chi connectivity index (χ2v) is 8.42. The number of thiazole rings is 1. The molecule has 0 spiro atoms. The number of hydrogen-bond acceptors (Lipinski definition) is 6. The lowest BCUT2D eigenvalue weighted by atomic mass is 10.2. The number of nitrogens with zero attached hydrogens (tertiary/aromatic N) is 3. The summed E-state index contributed by atoms with van der Waals surface area (Å²) < 4.78 is 11.7. The highest BCUT2D eigenvalue weighted by Gasteiger charge is 2.26. The Balaban J connectivity index is 2.02. The molecule has 0 unspecified atom stereocenters. The second-order valence-electron chi connectivity index (χ2n) is 6.03. The van der Waals surface area contributed by atoms with Crippen molar-refractivity contribution < 1.29 is 14.3 Å². The van der Waals surface area contributed by atoms with Gasteiger partial charge in [-0.25, -0.2) is 9.78 Å². The first kappa shape index (κ1) is 17.7. The Morgan fingerprint density at radius 1 is 1.50 bits per heavy atom. The zero-order chi connectivity index (χ0) is 16.2. The van der Waals surface area contributed by atoms with Gasteiger partial charge in [0, 0.05) is 26.2 Å². The van der Waals surface area contributed by atoms with Crippen molar-refractivity contribution in [1.82, 2.24) is 9.88 Å². The van der Waals surface area contributed by atoms with Gasteiger partial charge in [-0.3, -0.25) is 9.80 Å². The van der Waals surface area contributed by atoms with Crippen LogP contribution in [0.3, 0.4) is 0 Å². The fraction of sp³-hybridized carbons (Fsp3) is 0.714. The molecule has 124 valence electrons. The van der Waals surface area contributed by atoms with Gasteiger partial charge in [0.05, 0.1) is 23.2 Å². The quantitative estimate of drug-likeness (QED) is 0.789. The Labute approximate surface area is 143 Å². The number of ether oxygens (including phenoxy) is 2. The zero-order valence-electron chi connectivity index (χ0n) is 13.2. The van der Waals surface area contributed by atoms with Gasteiger partial charge in [0.2, 0.25) is 0 Å². The molecule has 0 saturated carbocycles. The Bertz CT molecular complexity index is 498. The maximum Gasteiger partial charge on any atom is 0.416 e. The molecule has 1 saturated heterocycles. The lowest BCUT2D eigenvalue weighted by Gasteiger charge is -2.30. The van der Waals surface area contributed by atoms with Crippen LogP contribution in [0.15, 0.2) is 9.98 Å². The summed E-state index contributed by atoms with van der Waals surface area (Å²) in [6.07, 6.45) is 1.34. The molecule has 22 heavy (non-hydrogen) atoms. The van der Waals surface area contributed by atoms with Gasteiger partial charge in [-0.05, 0) is 36.7 Å². The van der Waals surface area contributed by atoms with E-state index in [9.17, 15) is 4.79 Å². The Kier molecular flexibility index (Phi) is 6.19. The summed E-state index contributed by atoms with van der Waals surface area (Å²) in [6, 6.07) is 0. The van der Waals surface area contributed by atoms with Crippen LogP contribution < -0.4 is 4.90 Å². The standard InChI is InChI=1S/C14H22BrN3O3S/c1-14(2,3)21-13(19)18(12-16-10-11(15)22-12)5-4-17-6-8-20-9-7-17/h10H,4-9H2,1-3H3. The molecule has 6 nitrogen and oxygen atoms in total. The van der Waals surface area contributed by atoms with E-state index >= 15 is 0 Å². The van der Waals surface area contributed by atoms with Crippen LogP contribution >= 0.6 is 27.3 Å². The zero-order valence-corrected chi connectivity index (χ0v) is 15.6. The van der Waals surface area contributed by atoms with Crippen LogP contribution in [0, 0.1) is 0 Å². The van der Waals surface area contributed by atoms with Gasteiger partial charge >= 0.3 is 6.09 Å². The number of morpholine rings is 1. The summed E-state index contributed by atoms with van der Waals surface area (Å²) in [5, 5.41) is 0.648. The first-order valence-corrected chi connectivity index (χ1v) is 8.88. The smallest absolute Gasteiger partial charge is 0.416 e. The molecule has 1 aliphatic heterocycles. The highest BCUT2D eigenvalue weighted by Crippen LogP contribution is 2.27. The molecule has 8 heteroatoms. The van der Waals surface area contributed by atoms with E-state index in [0.29, 0.717) is 11.7 Å². The highest BCUT2D eigenvalue weighted by atomic mass is 79.9. The summed E-state index contributed by atoms with van der Waals surface area (Å²) in [5.74, 6) is 0. The fourth-order valence-electron chi connectivity index (χ4n) is 2.02. The number of anilines is 1. The monoisotopic (exact) mass is 391 g/mol. The largest absolute Gasteiger partial charge is 0.443 e. The summed E-state index contributed by atoms with van der Waals surface area (Å²) in [6.45, 7) is 10.2. The average Bonchev–Trinajstić information content (AvgIpc) is 2.84. The van der Waals surface area contributed by atoms with Gasteiger partial charge < -0.3 is 9.47 Å². The molecule has 0 radical (unpaired) electrons. The third-order valence-corrected chi connectivity index (χ3v) is 4.55. The van der Waals surface area contributed by atoms with Crippen molar-refractivity contribution >= 4 is 38.5 Å². The summed E-state index contributed by atoms with van der Waals surface area (Å²) >= 11 is 4.81. The summed E-state index contributed by atoms with van der Waals surface area (Å²) in [7, 11) is 0. The molecule has 1 aromatic heterocycles. The predicted octanol–water partition coefficient (Wildman–Crippen LogP) is 2.98. The van der Waals surface area contributed by atoms with Crippen molar-refractivity contribution in [2.24, 2.45) is 0 Å². The van der Waals surface area contributed by atoms with Crippen LogP contribution in [0.2, 0.25) is 0 Å². The molecule has 2 rings (SSSR count). The van der Waals surface area contributed by atoms with Crippen LogP contribution in [-0.2, 0) is 9.47 Å². The number of halogens is 1. The van der Waals surface area contributed by atoms with Crippen molar-refractivity contribution in [1.29, 1.82) is 0 Å². The topological polar surface area (TPSA) is 54.9 Å². The van der Waals surface area contributed by atoms with Crippen molar-refractivity contribution in [2.75, 3.05) is 44.3 Å². The number of hydrogen-bond donors (Lipinski definition) is 0. The van der Waals surface area contributed by atoms with Crippen molar-refractivity contribution in [3.63, 3.8) is 0 Å². The van der Waals surface area contributed by atoms with Gasteiger partial charge in [-0.15, -0.1) is 0 Å². The van der Waals surface area contributed by atoms with Gasteiger partial charge in [0.25, 0.3) is 0 Å². The Morgan fingerprint density at radius 2 is 2.18 bits per heavy atom. The van der Waals surface area contributed by atoms with E-state index in [-0.39, 0.29) is 6.09 Å². The first-order chi connectivity index (χ1) is 10.3. The summed E-state index contributed by atoms with van der Waals surface area (Å²) in [4.78, 5) is 20.6. The minimum Gasteiger partial charge on any atom is -0.443 e. The van der Waals surface area contributed by atoms with E-state index in [1.807, 2.05) is 20.8 Å². The maximum atomic E-state index is 12.5. The molecule has 0 bridgehead atoms. The van der Waals surface area contributed by atoms with E-state index in [0.717, 1.165) is 36.6 Å². The van der Waals surface area contributed by atoms with Gasteiger partial charge in [0.15, 0.2) is 5.13 Å². The highest BCUT2D eigenvalue weighted by molar-refractivity contribution is 9.11. The maximum absolute atomic E-state index is 12.5. The normalized spacial score (nSPS) is 16.5. The van der Waals surface area contributed by atoms with Crippen molar-refractivity contribution in [2.45, 2.75) is 26.4 Å². The Hall–Kier alpha value is -0.700. The number of carbonyl (C=O) groups excluding carboxylic acids is 1. The predicted molar refractivity (Wildman–Crippen MR) is 90.7 cm³/mol. The molecule has 2 heterocycles. The molecule has 1 fully saturated rings. The fourth-order valence-corrected chi connectivity index (χ4v) is 3.22. The van der Waals surface area contributed by atoms with Crippen LogP contribution in [-0.4, -0.2) is 61.0 Å². The molecule has 1 aromatic rings. The van der Waals surface area contributed by atoms with Gasteiger partial charge in [-0.2, -0.15) is 0 Å². The number of amides is 1. The van der Waals surface area contributed by atoms with Crippen LogP contribution in [0.1, 0.15) is 20.8 Å². The molecular weight excluding hydrogens is 370 g/mol. The molecule has 0 atom stereocenters. The molecule has 0 N–H and O–H groups in total. The van der Waals surface area contributed by atoms with Crippen LogP contribution in [0.4, 0.5) is 9.93 Å². The van der Waals surface area contributed by atoms with E-state index < -0.39 is 5.60 Å². The molecular formula is C14H22BrN3O3S. The Morgan fingerprint density at radius 3 is 2.73 bits per heavy atom. The van der Waals surface area contributed by atoms with Gasteiger partial charge in [0.1, 0.15) is 5.60 Å². The van der Waals surface area contributed by atoms with Crippen molar-refractivity contribution in [3.05, 3.63) is 9.98 Å². The van der Waals surface area contributed by atoms with Crippen LogP contribution in [0.5, 0.6) is 0 Å². The van der Waals surface area contributed by atoms with E-state index in [1.165, 1.54) is 11.3 Å². The lowest BCUT2D eigenvalue weighted by molar-refractivity contribution is 0.0375. The van der Waals surface area contributed by atoms with Crippen molar-refractivity contribution in [3.8, 4) is 0 Å². The van der Waals surface area contributed by atoms with Gasteiger partial charge in [-0.1, -0.05) is 11.3 Å². The summed E-state index contributed by atoms with van der Waals surface area (Å²) in [5.41, 5.74) is -0.525. The second kappa shape index (κ2) is 7.72. The molecule has 0 aromatic carbocycles. The third-order valence-electron chi connectivity index (χ3n) is 3.05. The first-order valence-electron chi connectivity index (χ1n) is 7.27. The SMILES string of the molecule is CC(C)(C)OC(=O)N(CCN1CCOCC1)c1ncc(Br)s1. The minimum atomic E-state index is -0.525.